The molecule has 2 heterocycles. The van der Waals surface area contributed by atoms with Gasteiger partial charge in [0.05, 0.1) is 7.11 Å². The van der Waals surface area contributed by atoms with Gasteiger partial charge in [-0.1, -0.05) is 6.07 Å². The van der Waals surface area contributed by atoms with Crippen molar-refractivity contribution in [1.82, 2.24) is 4.90 Å². The fourth-order valence-electron chi connectivity index (χ4n) is 3.01. The van der Waals surface area contributed by atoms with Gasteiger partial charge in [-0.15, -0.1) is 0 Å². The fourth-order valence-corrected chi connectivity index (χ4v) is 3.01. The Morgan fingerprint density at radius 1 is 1.32 bits per heavy atom. The van der Waals surface area contributed by atoms with Crippen LogP contribution in [0.4, 0.5) is 5.69 Å². The molecule has 1 saturated heterocycles. The number of rotatable bonds is 3. The number of benzene rings is 1. The second-order valence-corrected chi connectivity index (χ2v) is 5.62. The minimum atomic E-state index is -0.623. The highest BCUT2D eigenvalue weighted by atomic mass is 16.5. The summed E-state index contributed by atoms with van der Waals surface area (Å²) < 4.78 is 4.70. The first kappa shape index (κ1) is 14.6. The van der Waals surface area contributed by atoms with Crippen molar-refractivity contribution >= 4 is 23.5 Å². The van der Waals surface area contributed by atoms with Crippen LogP contribution in [0.25, 0.3) is 0 Å². The van der Waals surface area contributed by atoms with Crippen molar-refractivity contribution in [2.24, 2.45) is 0 Å². The third-order valence-corrected chi connectivity index (χ3v) is 4.32. The summed E-state index contributed by atoms with van der Waals surface area (Å²) in [5.74, 6) is -0.539. The summed E-state index contributed by atoms with van der Waals surface area (Å²) in [6.45, 7) is 2.73. The van der Waals surface area contributed by atoms with Gasteiger partial charge >= 0.3 is 5.97 Å². The Kier molecular flexibility index (Phi) is 3.60. The molecule has 0 N–H and O–H groups in total. The van der Waals surface area contributed by atoms with Crippen LogP contribution in [0, 0.1) is 0 Å². The predicted octanol–water partition coefficient (Wildman–Crippen LogP) is 1.33. The van der Waals surface area contributed by atoms with Crippen molar-refractivity contribution in [3.8, 4) is 0 Å². The number of amides is 2. The van der Waals surface area contributed by atoms with Gasteiger partial charge in [0.1, 0.15) is 6.04 Å². The second-order valence-electron chi connectivity index (χ2n) is 5.62. The van der Waals surface area contributed by atoms with Crippen molar-refractivity contribution in [1.29, 1.82) is 0 Å². The summed E-state index contributed by atoms with van der Waals surface area (Å²) in [6.07, 6.45) is 1.39. The standard InChI is InChI=1S/C16H18N2O4/c1-10(16(21)22-2)18-9-11-5-6-12(8-13(11)15(18)20)17-7-3-4-14(17)19/h5-6,8,10H,3-4,7,9H2,1-2H3. The van der Waals surface area contributed by atoms with Crippen LogP contribution in [0.5, 0.6) is 0 Å². The molecule has 1 unspecified atom stereocenters. The van der Waals surface area contributed by atoms with E-state index >= 15 is 0 Å². The maximum Gasteiger partial charge on any atom is 0.328 e. The summed E-state index contributed by atoms with van der Waals surface area (Å²) in [6, 6.07) is 4.85. The van der Waals surface area contributed by atoms with E-state index < -0.39 is 12.0 Å². The predicted molar refractivity (Wildman–Crippen MR) is 79.4 cm³/mol. The number of hydrogen-bond acceptors (Lipinski definition) is 4. The van der Waals surface area contributed by atoms with Crippen LogP contribution in [0.15, 0.2) is 18.2 Å². The Hall–Kier alpha value is -2.37. The summed E-state index contributed by atoms with van der Waals surface area (Å²) in [7, 11) is 1.31. The Balaban J connectivity index is 1.87. The van der Waals surface area contributed by atoms with Crippen molar-refractivity contribution in [3.05, 3.63) is 29.3 Å². The first-order chi connectivity index (χ1) is 10.5. The van der Waals surface area contributed by atoms with E-state index in [0.717, 1.165) is 17.7 Å². The van der Waals surface area contributed by atoms with Gasteiger partial charge in [-0.05, 0) is 31.0 Å². The van der Waals surface area contributed by atoms with Crippen molar-refractivity contribution < 1.29 is 19.1 Å². The molecule has 6 nitrogen and oxygen atoms in total. The van der Waals surface area contributed by atoms with Crippen molar-refractivity contribution in [2.75, 3.05) is 18.6 Å². The van der Waals surface area contributed by atoms with Gasteiger partial charge in [0.15, 0.2) is 0 Å². The van der Waals surface area contributed by atoms with Gasteiger partial charge in [-0.25, -0.2) is 4.79 Å². The van der Waals surface area contributed by atoms with E-state index in [1.807, 2.05) is 12.1 Å². The number of hydrogen-bond donors (Lipinski definition) is 0. The van der Waals surface area contributed by atoms with Crippen LogP contribution >= 0.6 is 0 Å². The lowest BCUT2D eigenvalue weighted by Gasteiger charge is -2.21. The van der Waals surface area contributed by atoms with E-state index in [4.69, 9.17) is 4.74 Å². The molecule has 0 spiro atoms. The SMILES string of the molecule is COC(=O)C(C)N1Cc2ccc(N3CCCC3=O)cc2C1=O. The van der Waals surface area contributed by atoms with Gasteiger partial charge in [0, 0.05) is 30.8 Å². The van der Waals surface area contributed by atoms with Crippen LogP contribution in [-0.4, -0.2) is 42.4 Å². The smallest absolute Gasteiger partial charge is 0.328 e. The number of ether oxygens (including phenoxy) is 1. The molecular formula is C16H18N2O4. The first-order valence-electron chi connectivity index (χ1n) is 7.35. The second kappa shape index (κ2) is 5.44. The first-order valence-corrected chi connectivity index (χ1v) is 7.35. The van der Waals surface area contributed by atoms with Crippen LogP contribution < -0.4 is 4.90 Å². The number of carbonyl (C=O) groups excluding carboxylic acids is 3. The normalized spacial score (nSPS) is 18.6. The molecule has 116 valence electrons. The van der Waals surface area contributed by atoms with Gasteiger partial charge in [0.25, 0.3) is 5.91 Å². The maximum atomic E-state index is 12.5. The van der Waals surface area contributed by atoms with Crippen molar-refractivity contribution in [3.63, 3.8) is 0 Å². The lowest BCUT2D eigenvalue weighted by Crippen LogP contribution is -2.39. The zero-order valence-electron chi connectivity index (χ0n) is 12.7. The summed E-state index contributed by atoms with van der Waals surface area (Å²) in [5, 5.41) is 0. The zero-order valence-corrected chi connectivity index (χ0v) is 12.7. The molecule has 0 bridgehead atoms. The molecule has 2 aliphatic rings. The van der Waals surface area contributed by atoms with Crippen LogP contribution in [0.1, 0.15) is 35.7 Å². The molecule has 2 amide bonds. The molecule has 1 atom stereocenters. The summed E-state index contributed by atoms with van der Waals surface area (Å²) in [5.41, 5.74) is 2.19. The van der Waals surface area contributed by atoms with Gasteiger partial charge < -0.3 is 14.5 Å². The molecule has 1 aromatic rings. The molecular weight excluding hydrogens is 284 g/mol. The van der Waals surface area contributed by atoms with E-state index in [9.17, 15) is 14.4 Å². The molecule has 0 saturated carbocycles. The Morgan fingerprint density at radius 3 is 2.73 bits per heavy atom. The number of nitrogens with zero attached hydrogens (tertiary/aromatic N) is 2. The summed E-state index contributed by atoms with van der Waals surface area (Å²) >= 11 is 0. The van der Waals surface area contributed by atoms with Gasteiger partial charge in [-0.2, -0.15) is 0 Å². The van der Waals surface area contributed by atoms with Crippen LogP contribution in [0.2, 0.25) is 0 Å². The van der Waals surface area contributed by atoms with E-state index in [2.05, 4.69) is 0 Å². The van der Waals surface area contributed by atoms with Crippen molar-refractivity contribution in [2.45, 2.75) is 32.4 Å². The molecule has 2 aliphatic heterocycles. The molecule has 1 aromatic carbocycles. The maximum absolute atomic E-state index is 12.5. The monoisotopic (exact) mass is 302 g/mol. The molecule has 3 rings (SSSR count). The minimum Gasteiger partial charge on any atom is -0.467 e. The average Bonchev–Trinajstić information content (AvgIpc) is 3.09. The number of anilines is 1. The summed E-state index contributed by atoms with van der Waals surface area (Å²) in [4.78, 5) is 39.2. The average molecular weight is 302 g/mol. The third-order valence-electron chi connectivity index (χ3n) is 4.32. The molecule has 22 heavy (non-hydrogen) atoms. The highest BCUT2D eigenvalue weighted by Gasteiger charge is 2.35. The molecule has 0 aliphatic carbocycles. The lowest BCUT2D eigenvalue weighted by molar-refractivity contribution is -0.145. The van der Waals surface area contributed by atoms with E-state index in [1.165, 1.54) is 12.0 Å². The highest BCUT2D eigenvalue weighted by molar-refractivity contribution is 6.03. The molecule has 6 heteroatoms. The number of carbonyl (C=O) groups is 3. The van der Waals surface area contributed by atoms with Crippen LogP contribution in [0.3, 0.4) is 0 Å². The van der Waals surface area contributed by atoms with Gasteiger partial charge in [-0.3, -0.25) is 9.59 Å². The zero-order chi connectivity index (χ0) is 15.9. The minimum absolute atomic E-state index is 0.0881. The van der Waals surface area contributed by atoms with Crippen LogP contribution in [-0.2, 0) is 20.9 Å². The van der Waals surface area contributed by atoms with Gasteiger partial charge in [0.2, 0.25) is 5.91 Å². The number of fused-ring (bicyclic) bond motifs is 1. The van der Waals surface area contributed by atoms with E-state index in [-0.39, 0.29) is 11.8 Å². The highest BCUT2D eigenvalue weighted by Crippen LogP contribution is 2.30. The lowest BCUT2D eigenvalue weighted by atomic mass is 10.1. The van der Waals surface area contributed by atoms with E-state index in [1.54, 1.807) is 17.9 Å². The molecule has 0 aromatic heterocycles. The fraction of sp³-hybridized carbons (Fsp3) is 0.438. The Labute approximate surface area is 128 Å². The number of esters is 1. The third kappa shape index (κ3) is 2.24. The molecule has 1 fully saturated rings. The number of methoxy groups -OCH3 is 1. The largest absolute Gasteiger partial charge is 0.467 e. The Bertz CT molecular complexity index is 656. The molecule has 0 radical (unpaired) electrons. The van der Waals surface area contributed by atoms with E-state index in [0.29, 0.717) is 25.1 Å². The quantitative estimate of drug-likeness (QED) is 0.790. The Morgan fingerprint density at radius 2 is 2.09 bits per heavy atom. The topological polar surface area (TPSA) is 66.9 Å².